The summed E-state index contributed by atoms with van der Waals surface area (Å²) in [7, 11) is 0. The molecule has 0 amide bonds. The summed E-state index contributed by atoms with van der Waals surface area (Å²) in [5.74, 6) is 2.23. The first-order chi connectivity index (χ1) is 9.13. The van der Waals surface area contributed by atoms with Crippen molar-refractivity contribution in [1.29, 1.82) is 0 Å². The molecule has 0 aromatic heterocycles. The highest BCUT2D eigenvalue weighted by Crippen LogP contribution is 2.32. The SMILES string of the molecule is CC1CC(C)N(CC(=O)c2ccc3c(c2)OCO3)C1. The van der Waals surface area contributed by atoms with Gasteiger partial charge in [0.25, 0.3) is 0 Å². The molecular weight excluding hydrogens is 242 g/mol. The van der Waals surface area contributed by atoms with Crippen molar-refractivity contribution in [2.45, 2.75) is 26.3 Å². The zero-order valence-electron chi connectivity index (χ0n) is 11.4. The molecular formula is C15H19NO3. The number of ketones is 1. The standard InChI is InChI=1S/C15H19NO3/c1-10-5-11(2)16(7-10)8-13(17)12-3-4-14-15(6-12)19-9-18-14/h3-4,6,10-11H,5,7-9H2,1-2H3. The molecule has 0 saturated carbocycles. The predicted octanol–water partition coefficient (Wildman–Crippen LogP) is 2.33. The van der Waals surface area contributed by atoms with Gasteiger partial charge in [0.1, 0.15) is 0 Å². The maximum absolute atomic E-state index is 12.3. The van der Waals surface area contributed by atoms with Crippen LogP contribution in [0.4, 0.5) is 0 Å². The van der Waals surface area contributed by atoms with E-state index in [1.165, 1.54) is 6.42 Å². The number of hydrogen-bond donors (Lipinski definition) is 0. The quantitative estimate of drug-likeness (QED) is 0.783. The summed E-state index contributed by atoms with van der Waals surface area (Å²) in [6.45, 7) is 6.17. The molecule has 0 spiro atoms. The van der Waals surface area contributed by atoms with Crippen molar-refractivity contribution < 1.29 is 14.3 Å². The van der Waals surface area contributed by atoms with E-state index >= 15 is 0 Å². The van der Waals surface area contributed by atoms with Crippen LogP contribution in [-0.4, -0.2) is 36.6 Å². The van der Waals surface area contributed by atoms with Gasteiger partial charge < -0.3 is 9.47 Å². The Morgan fingerprint density at radius 2 is 2.11 bits per heavy atom. The van der Waals surface area contributed by atoms with Gasteiger partial charge in [0.15, 0.2) is 17.3 Å². The molecule has 1 aromatic rings. The molecule has 102 valence electrons. The summed E-state index contributed by atoms with van der Waals surface area (Å²) in [4.78, 5) is 14.6. The highest BCUT2D eigenvalue weighted by molar-refractivity contribution is 5.98. The molecule has 2 heterocycles. The minimum atomic E-state index is 0.152. The number of fused-ring (bicyclic) bond motifs is 1. The lowest BCUT2D eigenvalue weighted by atomic mass is 10.1. The predicted molar refractivity (Wildman–Crippen MR) is 71.7 cm³/mol. The van der Waals surface area contributed by atoms with Crippen molar-refractivity contribution in [2.75, 3.05) is 19.9 Å². The molecule has 2 unspecified atom stereocenters. The maximum atomic E-state index is 12.3. The molecule has 4 nitrogen and oxygen atoms in total. The van der Waals surface area contributed by atoms with Crippen molar-refractivity contribution in [3.05, 3.63) is 23.8 Å². The Hall–Kier alpha value is -1.55. The number of carbonyl (C=O) groups is 1. The van der Waals surface area contributed by atoms with Crippen LogP contribution in [0.5, 0.6) is 11.5 Å². The van der Waals surface area contributed by atoms with Gasteiger partial charge in [0.2, 0.25) is 6.79 Å². The average Bonchev–Trinajstić information content (AvgIpc) is 2.95. The fourth-order valence-electron chi connectivity index (χ4n) is 2.95. The van der Waals surface area contributed by atoms with Gasteiger partial charge in [-0.2, -0.15) is 0 Å². The first-order valence-corrected chi connectivity index (χ1v) is 6.80. The molecule has 0 bridgehead atoms. The molecule has 0 N–H and O–H groups in total. The third-order valence-corrected chi connectivity index (χ3v) is 3.95. The number of hydrogen-bond acceptors (Lipinski definition) is 4. The normalized spacial score (nSPS) is 25.8. The van der Waals surface area contributed by atoms with Crippen LogP contribution in [0.1, 0.15) is 30.6 Å². The van der Waals surface area contributed by atoms with E-state index in [1.807, 2.05) is 12.1 Å². The average molecular weight is 261 g/mol. The lowest BCUT2D eigenvalue weighted by Crippen LogP contribution is -2.32. The van der Waals surface area contributed by atoms with E-state index in [2.05, 4.69) is 18.7 Å². The zero-order chi connectivity index (χ0) is 13.4. The third kappa shape index (κ3) is 2.45. The van der Waals surface area contributed by atoms with E-state index < -0.39 is 0 Å². The topological polar surface area (TPSA) is 38.8 Å². The maximum Gasteiger partial charge on any atom is 0.231 e. The summed E-state index contributed by atoms with van der Waals surface area (Å²) < 4.78 is 10.6. The van der Waals surface area contributed by atoms with Gasteiger partial charge in [-0.1, -0.05) is 6.92 Å². The molecule has 0 aliphatic carbocycles. The van der Waals surface area contributed by atoms with Gasteiger partial charge in [-0.3, -0.25) is 9.69 Å². The Morgan fingerprint density at radius 1 is 1.32 bits per heavy atom. The van der Waals surface area contributed by atoms with E-state index in [4.69, 9.17) is 9.47 Å². The number of benzene rings is 1. The summed E-state index contributed by atoms with van der Waals surface area (Å²) in [6, 6.07) is 5.91. The fourth-order valence-corrected chi connectivity index (χ4v) is 2.95. The van der Waals surface area contributed by atoms with E-state index in [-0.39, 0.29) is 12.6 Å². The highest BCUT2D eigenvalue weighted by atomic mass is 16.7. The van der Waals surface area contributed by atoms with Crippen molar-refractivity contribution in [1.82, 2.24) is 4.90 Å². The second-order valence-electron chi connectivity index (χ2n) is 5.61. The van der Waals surface area contributed by atoms with Crippen molar-refractivity contribution in [3.63, 3.8) is 0 Å². The number of ether oxygens (including phenoxy) is 2. The molecule has 1 aromatic carbocycles. The molecule has 4 heteroatoms. The van der Waals surface area contributed by atoms with E-state index in [0.717, 1.165) is 12.3 Å². The largest absolute Gasteiger partial charge is 0.454 e. The van der Waals surface area contributed by atoms with Gasteiger partial charge in [-0.15, -0.1) is 0 Å². The molecule has 2 aliphatic heterocycles. The Kier molecular flexibility index (Phi) is 3.19. The van der Waals surface area contributed by atoms with Crippen molar-refractivity contribution >= 4 is 5.78 Å². The van der Waals surface area contributed by atoms with Crippen LogP contribution < -0.4 is 9.47 Å². The van der Waals surface area contributed by atoms with E-state index in [0.29, 0.717) is 29.8 Å². The van der Waals surface area contributed by atoms with Crippen LogP contribution in [-0.2, 0) is 0 Å². The van der Waals surface area contributed by atoms with E-state index in [1.54, 1.807) is 6.07 Å². The number of likely N-dealkylation sites (tertiary alicyclic amines) is 1. The second-order valence-corrected chi connectivity index (χ2v) is 5.61. The minimum absolute atomic E-state index is 0.152. The minimum Gasteiger partial charge on any atom is -0.454 e. The Bertz CT molecular complexity index is 500. The van der Waals surface area contributed by atoms with Crippen LogP contribution in [0, 0.1) is 5.92 Å². The first-order valence-electron chi connectivity index (χ1n) is 6.80. The molecule has 3 rings (SSSR count). The Labute approximate surface area is 113 Å². The molecule has 1 saturated heterocycles. The van der Waals surface area contributed by atoms with Gasteiger partial charge in [-0.25, -0.2) is 0 Å². The fraction of sp³-hybridized carbons (Fsp3) is 0.533. The van der Waals surface area contributed by atoms with Crippen molar-refractivity contribution in [3.8, 4) is 11.5 Å². The van der Waals surface area contributed by atoms with Crippen LogP contribution in [0.2, 0.25) is 0 Å². The third-order valence-electron chi connectivity index (χ3n) is 3.95. The van der Waals surface area contributed by atoms with E-state index in [9.17, 15) is 4.79 Å². The Morgan fingerprint density at radius 3 is 2.84 bits per heavy atom. The monoisotopic (exact) mass is 261 g/mol. The number of carbonyl (C=O) groups excluding carboxylic acids is 1. The van der Waals surface area contributed by atoms with Crippen LogP contribution in [0.3, 0.4) is 0 Å². The zero-order valence-corrected chi connectivity index (χ0v) is 11.4. The van der Waals surface area contributed by atoms with Gasteiger partial charge in [0.05, 0.1) is 6.54 Å². The summed E-state index contributed by atoms with van der Waals surface area (Å²) in [5, 5.41) is 0. The first kappa shape index (κ1) is 12.5. The summed E-state index contributed by atoms with van der Waals surface area (Å²) in [5.41, 5.74) is 0.705. The number of Topliss-reactive ketones (excluding diaryl/α,β-unsaturated/α-hetero) is 1. The molecule has 2 aliphatic rings. The molecule has 19 heavy (non-hydrogen) atoms. The number of rotatable bonds is 3. The van der Waals surface area contributed by atoms with Crippen molar-refractivity contribution in [2.24, 2.45) is 5.92 Å². The summed E-state index contributed by atoms with van der Waals surface area (Å²) in [6.07, 6.45) is 1.18. The van der Waals surface area contributed by atoms with Gasteiger partial charge in [0, 0.05) is 18.2 Å². The lowest BCUT2D eigenvalue weighted by molar-refractivity contribution is 0.0924. The highest BCUT2D eigenvalue weighted by Gasteiger charge is 2.28. The number of nitrogens with zero attached hydrogens (tertiary/aromatic N) is 1. The Balaban J connectivity index is 1.70. The van der Waals surface area contributed by atoms with Crippen LogP contribution >= 0.6 is 0 Å². The van der Waals surface area contributed by atoms with Crippen LogP contribution in [0.15, 0.2) is 18.2 Å². The van der Waals surface area contributed by atoms with Crippen LogP contribution in [0.25, 0.3) is 0 Å². The summed E-state index contributed by atoms with van der Waals surface area (Å²) >= 11 is 0. The molecule has 0 radical (unpaired) electrons. The smallest absolute Gasteiger partial charge is 0.231 e. The lowest BCUT2D eigenvalue weighted by Gasteiger charge is -2.19. The van der Waals surface area contributed by atoms with Gasteiger partial charge in [-0.05, 0) is 37.5 Å². The van der Waals surface area contributed by atoms with Gasteiger partial charge >= 0.3 is 0 Å². The molecule has 2 atom stereocenters. The molecule has 1 fully saturated rings. The second kappa shape index (κ2) is 4.85.